The number of phenols is 1. The van der Waals surface area contributed by atoms with Gasteiger partial charge in [-0.25, -0.2) is 4.79 Å². The van der Waals surface area contributed by atoms with Gasteiger partial charge in [-0.1, -0.05) is 23.7 Å². The van der Waals surface area contributed by atoms with Crippen LogP contribution in [-0.4, -0.2) is 39.8 Å². The van der Waals surface area contributed by atoms with Crippen molar-refractivity contribution in [2.45, 2.75) is 32.0 Å². The maximum atomic E-state index is 12.7. The Bertz CT molecular complexity index is 1080. The maximum absolute atomic E-state index is 12.7. The van der Waals surface area contributed by atoms with Gasteiger partial charge in [-0.15, -0.1) is 0 Å². The topological polar surface area (TPSA) is 128 Å². The molecule has 4 rings (SSSR count). The van der Waals surface area contributed by atoms with Crippen molar-refractivity contribution in [1.29, 1.82) is 0 Å². The molecular weight excluding hydrogens is 424 g/mol. The molecule has 0 saturated carbocycles. The summed E-state index contributed by atoms with van der Waals surface area (Å²) < 4.78 is 0. The monoisotopic (exact) mass is 442 g/mol. The molecule has 2 aromatic rings. The number of imide groups is 1. The first-order chi connectivity index (χ1) is 14.8. The summed E-state index contributed by atoms with van der Waals surface area (Å²) in [6, 6.07) is 8.30. The molecule has 2 heterocycles. The molecule has 2 aromatic carbocycles. The molecule has 1 atom stereocenters. The first kappa shape index (κ1) is 20.7. The SMILES string of the molecule is O=C1CCC(N2Cc3cc(CNC(=O)Nc4cc(O)cc(Cl)c4)ccc3C2=O)C(=O)N1. The quantitative estimate of drug-likeness (QED) is 0.539. The third-order valence-electron chi connectivity index (χ3n) is 5.18. The number of piperidine rings is 1. The first-order valence-electron chi connectivity index (χ1n) is 9.61. The summed E-state index contributed by atoms with van der Waals surface area (Å²) in [6.07, 6.45) is 0.503. The van der Waals surface area contributed by atoms with Gasteiger partial charge in [0.25, 0.3) is 5.91 Å². The minimum atomic E-state index is -0.668. The molecule has 2 aliphatic heterocycles. The maximum Gasteiger partial charge on any atom is 0.319 e. The van der Waals surface area contributed by atoms with E-state index in [9.17, 15) is 24.3 Å². The van der Waals surface area contributed by atoms with Gasteiger partial charge in [0.05, 0.1) is 0 Å². The minimum absolute atomic E-state index is 0.0633. The summed E-state index contributed by atoms with van der Waals surface area (Å²) in [4.78, 5) is 49.8. The number of hydrogen-bond acceptors (Lipinski definition) is 5. The number of benzene rings is 2. The van der Waals surface area contributed by atoms with E-state index >= 15 is 0 Å². The van der Waals surface area contributed by atoms with Gasteiger partial charge in [0.1, 0.15) is 11.8 Å². The summed E-state index contributed by atoms with van der Waals surface area (Å²) in [5.41, 5.74) is 2.39. The average molecular weight is 443 g/mol. The van der Waals surface area contributed by atoms with E-state index in [0.717, 1.165) is 11.1 Å². The Labute approximate surface area is 182 Å². The van der Waals surface area contributed by atoms with E-state index in [2.05, 4.69) is 16.0 Å². The molecule has 1 fully saturated rings. The average Bonchev–Trinajstić information content (AvgIpc) is 3.01. The van der Waals surface area contributed by atoms with Crippen LogP contribution in [0.2, 0.25) is 5.02 Å². The molecule has 2 aliphatic rings. The molecule has 1 saturated heterocycles. The highest BCUT2D eigenvalue weighted by Crippen LogP contribution is 2.28. The van der Waals surface area contributed by atoms with Gasteiger partial charge in [-0.3, -0.25) is 19.7 Å². The Morgan fingerprint density at radius 3 is 2.74 bits per heavy atom. The lowest BCUT2D eigenvalue weighted by Crippen LogP contribution is -2.52. The van der Waals surface area contributed by atoms with Crippen LogP contribution in [0.5, 0.6) is 5.75 Å². The molecule has 4 N–H and O–H groups in total. The fourth-order valence-electron chi connectivity index (χ4n) is 3.74. The van der Waals surface area contributed by atoms with Crippen LogP contribution in [0.3, 0.4) is 0 Å². The number of phenolic OH excluding ortho intramolecular Hbond substituents is 1. The van der Waals surface area contributed by atoms with E-state index in [-0.39, 0.29) is 37.1 Å². The summed E-state index contributed by atoms with van der Waals surface area (Å²) in [6.45, 7) is 0.473. The van der Waals surface area contributed by atoms with Gasteiger partial charge >= 0.3 is 6.03 Å². The van der Waals surface area contributed by atoms with Crippen molar-refractivity contribution < 1.29 is 24.3 Å². The Balaban J connectivity index is 1.38. The van der Waals surface area contributed by atoms with E-state index < -0.39 is 18.0 Å². The van der Waals surface area contributed by atoms with Crippen molar-refractivity contribution >= 4 is 41.0 Å². The third-order valence-corrected chi connectivity index (χ3v) is 5.40. The predicted octanol–water partition coefficient (Wildman–Crippen LogP) is 2.13. The standard InChI is InChI=1S/C21H19ClN4O5/c22-13-6-14(8-15(27)7-13)24-21(31)23-9-11-1-2-16-12(5-11)10-26(20(16)30)17-3-4-18(28)25-19(17)29/h1-2,5-8,17,27H,3-4,9-10H2,(H2,23,24,31)(H,25,28,29). The second kappa shape index (κ2) is 8.27. The molecule has 5 amide bonds. The van der Waals surface area contributed by atoms with Gasteiger partial charge in [0.15, 0.2) is 0 Å². The highest BCUT2D eigenvalue weighted by Gasteiger charge is 2.39. The molecule has 0 spiro atoms. The number of amides is 5. The van der Waals surface area contributed by atoms with Crippen LogP contribution >= 0.6 is 11.6 Å². The largest absolute Gasteiger partial charge is 0.508 e. The number of nitrogens with one attached hydrogen (secondary N) is 3. The zero-order valence-corrected chi connectivity index (χ0v) is 17.0. The minimum Gasteiger partial charge on any atom is -0.508 e. The van der Waals surface area contributed by atoms with Gasteiger partial charge in [0.2, 0.25) is 11.8 Å². The molecule has 9 nitrogen and oxygen atoms in total. The molecule has 10 heteroatoms. The summed E-state index contributed by atoms with van der Waals surface area (Å²) >= 11 is 5.85. The fourth-order valence-corrected chi connectivity index (χ4v) is 3.97. The number of fused-ring (bicyclic) bond motifs is 1. The Morgan fingerprint density at radius 2 is 2.00 bits per heavy atom. The molecule has 0 radical (unpaired) electrons. The van der Waals surface area contributed by atoms with Crippen LogP contribution in [0.1, 0.15) is 34.3 Å². The van der Waals surface area contributed by atoms with Gasteiger partial charge in [0, 0.05) is 41.9 Å². The number of aromatic hydroxyl groups is 1. The van der Waals surface area contributed by atoms with Crippen molar-refractivity contribution in [3.05, 3.63) is 58.1 Å². The summed E-state index contributed by atoms with van der Waals surface area (Å²) in [5.74, 6) is -1.10. The van der Waals surface area contributed by atoms with Crippen molar-refractivity contribution in [2.24, 2.45) is 0 Å². The summed E-state index contributed by atoms with van der Waals surface area (Å²) in [7, 11) is 0. The van der Waals surface area contributed by atoms with Gasteiger partial charge < -0.3 is 20.6 Å². The lowest BCUT2D eigenvalue weighted by atomic mass is 10.0. The molecular formula is C21H19ClN4O5. The second-order valence-electron chi connectivity index (χ2n) is 7.40. The number of halogens is 1. The number of hydrogen-bond donors (Lipinski definition) is 4. The number of urea groups is 1. The number of carbonyl (C=O) groups excluding carboxylic acids is 4. The van der Waals surface area contributed by atoms with Crippen LogP contribution in [0.4, 0.5) is 10.5 Å². The Hall–Kier alpha value is -3.59. The molecule has 31 heavy (non-hydrogen) atoms. The van der Waals surface area contributed by atoms with Crippen LogP contribution in [0.15, 0.2) is 36.4 Å². The third kappa shape index (κ3) is 4.46. The van der Waals surface area contributed by atoms with Crippen LogP contribution in [-0.2, 0) is 22.7 Å². The van der Waals surface area contributed by atoms with E-state index in [0.29, 0.717) is 22.7 Å². The molecule has 0 bridgehead atoms. The zero-order chi connectivity index (χ0) is 22.1. The van der Waals surface area contributed by atoms with Crippen LogP contribution in [0.25, 0.3) is 0 Å². The number of carbonyl (C=O) groups is 4. The Morgan fingerprint density at radius 1 is 1.19 bits per heavy atom. The van der Waals surface area contributed by atoms with Crippen molar-refractivity contribution in [2.75, 3.05) is 5.32 Å². The smallest absolute Gasteiger partial charge is 0.319 e. The molecule has 160 valence electrons. The highest BCUT2D eigenvalue weighted by atomic mass is 35.5. The van der Waals surface area contributed by atoms with Crippen LogP contribution in [0, 0.1) is 0 Å². The summed E-state index contributed by atoms with van der Waals surface area (Å²) in [5, 5.41) is 17.4. The first-order valence-corrected chi connectivity index (χ1v) is 9.99. The highest BCUT2D eigenvalue weighted by molar-refractivity contribution is 6.31. The lowest BCUT2D eigenvalue weighted by Gasteiger charge is -2.29. The van der Waals surface area contributed by atoms with Crippen molar-refractivity contribution in [3.63, 3.8) is 0 Å². The predicted molar refractivity (Wildman–Crippen MR) is 111 cm³/mol. The van der Waals surface area contributed by atoms with E-state index in [4.69, 9.17) is 11.6 Å². The Kier molecular flexibility index (Phi) is 5.51. The zero-order valence-electron chi connectivity index (χ0n) is 16.3. The number of nitrogens with zero attached hydrogens (tertiary/aromatic N) is 1. The van der Waals surface area contributed by atoms with Gasteiger partial charge in [-0.05, 0) is 35.7 Å². The normalized spacial score (nSPS) is 17.9. The number of anilines is 1. The van der Waals surface area contributed by atoms with Crippen LogP contribution < -0.4 is 16.0 Å². The van der Waals surface area contributed by atoms with Crippen molar-refractivity contribution in [1.82, 2.24) is 15.5 Å². The fraction of sp³-hybridized carbons (Fsp3) is 0.238. The van der Waals surface area contributed by atoms with Gasteiger partial charge in [-0.2, -0.15) is 0 Å². The number of rotatable bonds is 4. The second-order valence-corrected chi connectivity index (χ2v) is 7.83. The van der Waals surface area contributed by atoms with E-state index in [1.807, 2.05) is 6.07 Å². The van der Waals surface area contributed by atoms with E-state index in [1.165, 1.54) is 23.1 Å². The molecule has 0 aromatic heterocycles. The molecule has 1 unspecified atom stereocenters. The lowest BCUT2D eigenvalue weighted by molar-refractivity contribution is -0.136. The molecule has 0 aliphatic carbocycles. The van der Waals surface area contributed by atoms with E-state index in [1.54, 1.807) is 12.1 Å². The van der Waals surface area contributed by atoms with Crippen molar-refractivity contribution in [3.8, 4) is 5.75 Å².